The molecule has 7 nitrogen and oxygen atoms in total. The average Bonchev–Trinajstić information content (AvgIpc) is 3.15. The van der Waals surface area contributed by atoms with Crippen LogP contribution < -0.4 is 0 Å². The SMILES string of the molecule is Cc1nc(CC(=O)N2CC[C@@H]3OCc4cnnn4[C@@H]3C2)cs1. The van der Waals surface area contributed by atoms with E-state index in [2.05, 4.69) is 15.3 Å². The first-order valence-electron chi connectivity index (χ1n) is 7.40. The number of aryl methyl sites for hydroxylation is 1. The van der Waals surface area contributed by atoms with Crippen molar-refractivity contribution in [2.45, 2.75) is 38.5 Å². The summed E-state index contributed by atoms with van der Waals surface area (Å²) in [6.45, 7) is 3.87. The van der Waals surface area contributed by atoms with E-state index >= 15 is 0 Å². The highest BCUT2D eigenvalue weighted by molar-refractivity contribution is 7.09. The molecule has 0 radical (unpaired) electrons. The molecule has 0 aromatic carbocycles. The van der Waals surface area contributed by atoms with Crippen molar-refractivity contribution in [2.75, 3.05) is 13.1 Å². The molecule has 0 saturated carbocycles. The molecule has 22 heavy (non-hydrogen) atoms. The van der Waals surface area contributed by atoms with Crippen molar-refractivity contribution in [1.29, 1.82) is 0 Å². The fraction of sp³-hybridized carbons (Fsp3) is 0.571. The van der Waals surface area contributed by atoms with Gasteiger partial charge in [0.05, 0.1) is 47.8 Å². The van der Waals surface area contributed by atoms with Gasteiger partial charge in [-0.25, -0.2) is 9.67 Å². The Morgan fingerprint density at radius 2 is 2.45 bits per heavy atom. The van der Waals surface area contributed by atoms with Crippen LogP contribution in [-0.2, 0) is 22.6 Å². The predicted octanol–water partition coefficient (Wildman–Crippen LogP) is 0.958. The summed E-state index contributed by atoms with van der Waals surface area (Å²) < 4.78 is 7.78. The molecule has 1 saturated heterocycles. The van der Waals surface area contributed by atoms with Crippen molar-refractivity contribution in [3.8, 4) is 0 Å². The Morgan fingerprint density at radius 1 is 1.55 bits per heavy atom. The van der Waals surface area contributed by atoms with Gasteiger partial charge in [0.15, 0.2) is 0 Å². The van der Waals surface area contributed by atoms with Gasteiger partial charge in [-0.2, -0.15) is 0 Å². The lowest BCUT2D eigenvalue weighted by atomic mass is 10.00. The summed E-state index contributed by atoms with van der Waals surface area (Å²) in [4.78, 5) is 18.8. The Hall–Kier alpha value is -1.80. The highest BCUT2D eigenvalue weighted by atomic mass is 32.1. The second-order valence-corrected chi connectivity index (χ2v) is 6.81. The van der Waals surface area contributed by atoms with Gasteiger partial charge in [0.2, 0.25) is 5.91 Å². The van der Waals surface area contributed by atoms with Gasteiger partial charge >= 0.3 is 0 Å². The lowest BCUT2D eigenvalue weighted by molar-refractivity contribution is -0.137. The quantitative estimate of drug-likeness (QED) is 0.824. The molecule has 1 amide bonds. The summed E-state index contributed by atoms with van der Waals surface area (Å²) >= 11 is 1.58. The molecule has 1 fully saturated rings. The Balaban J connectivity index is 1.48. The molecule has 0 bridgehead atoms. The molecule has 2 aromatic rings. The van der Waals surface area contributed by atoms with Crippen LogP contribution in [0, 0.1) is 6.92 Å². The third-order valence-electron chi connectivity index (χ3n) is 4.28. The Kier molecular flexibility index (Phi) is 3.42. The number of rotatable bonds is 2. The first kappa shape index (κ1) is 13.8. The monoisotopic (exact) mass is 319 g/mol. The highest BCUT2D eigenvalue weighted by Crippen LogP contribution is 2.30. The fourth-order valence-corrected chi connectivity index (χ4v) is 3.77. The van der Waals surface area contributed by atoms with E-state index in [0.29, 0.717) is 19.6 Å². The Bertz CT molecular complexity index is 697. The van der Waals surface area contributed by atoms with Gasteiger partial charge < -0.3 is 9.64 Å². The van der Waals surface area contributed by atoms with Crippen molar-refractivity contribution in [2.24, 2.45) is 0 Å². The molecule has 4 rings (SSSR count). The number of likely N-dealkylation sites (tertiary alicyclic amines) is 1. The highest BCUT2D eigenvalue weighted by Gasteiger charge is 2.37. The van der Waals surface area contributed by atoms with Crippen LogP contribution >= 0.6 is 11.3 Å². The molecule has 4 heterocycles. The van der Waals surface area contributed by atoms with Gasteiger partial charge in [-0.1, -0.05) is 5.21 Å². The van der Waals surface area contributed by atoms with Crippen molar-refractivity contribution >= 4 is 17.2 Å². The lowest BCUT2D eigenvalue weighted by Crippen LogP contribution is -2.50. The third kappa shape index (κ3) is 2.42. The lowest BCUT2D eigenvalue weighted by Gasteiger charge is -2.41. The van der Waals surface area contributed by atoms with E-state index < -0.39 is 0 Å². The number of carbonyl (C=O) groups is 1. The van der Waals surface area contributed by atoms with Crippen LogP contribution in [0.15, 0.2) is 11.6 Å². The summed E-state index contributed by atoms with van der Waals surface area (Å²) in [6, 6.07) is 0.0705. The molecule has 2 aliphatic heterocycles. The molecular weight excluding hydrogens is 302 g/mol. The smallest absolute Gasteiger partial charge is 0.228 e. The third-order valence-corrected chi connectivity index (χ3v) is 5.10. The number of carbonyl (C=O) groups excluding carboxylic acids is 1. The summed E-state index contributed by atoms with van der Waals surface area (Å²) in [5.74, 6) is 0.121. The van der Waals surface area contributed by atoms with Gasteiger partial charge in [0, 0.05) is 18.5 Å². The van der Waals surface area contributed by atoms with Crippen LogP contribution in [0.2, 0.25) is 0 Å². The van der Waals surface area contributed by atoms with E-state index in [0.717, 1.165) is 29.4 Å². The van der Waals surface area contributed by atoms with E-state index in [1.54, 1.807) is 17.5 Å². The molecule has 2 atom stereocenters. The number of aromatic nitrogens is 4. The number of ether oxygens (including phenoxy) is 1. The molecular formula is C14H17N5O2S. The molecule has 0 unspecified atom stereocenters. The number of nitrogens with zero attached hydrogens (tertiary/aromatic N) is 5. The van der Waals surface area contributed by atoms with Crippen molar-refractivity contribution in [3.05, 3.63) is 28.0 Å². The van der Waals surface area contributed by atoms with Crippen LogP contribution in [0.25, 0.3) is 0 Å². The summed E-state index contributed by atoms with van der Waals surface area (Å²) in [6.07, 6.45) is 3.06. The molecule has 0 aliphatic carbocycles. The standard InChI is InChI=1S/C14H17N5O2S/c1-9-16-10(8-22-9)4-14(20)18-3-2-13-12(6-18)19-11(7-21-13)5-15-17-19/h5,8,12-13H,2-4,6-7H2,1H3/t12-,13+/m1/s1. The second kappa shape index (κ2) is 5.44. The van der Waals surface area contributed by atoms with Crippen molar-refractivity contribution < 1.29 is 9.53 Å². The number of thiazole rings is 1. The fourth-order valence-electron chi connectivity index (χ4n) is 3.16. The Labute approximate surface area is 131 Å². The van der Waals surface area contributed by atoms with Gasteiger partial charge in [-0.05, 0) is 13.3 Å². The first-order valence-corrected chi connectivity index (χ1v) is 8.28. The topological polar surface area (TPSA) is 73.1 Å². The summed E-state index contributed by atoms with van der Waals surface area (Å²) in [5, 5.41) is 11.1. The van der Waals surface area contributed by atoms with E-state index in [1.165, 1.54) is 0 Å². The summed E-state index contributed by atoms with van der Waals surface area (Å²) in [7, 11) is 0. The van der Waals surface area contributed by atoms with Crippen LogP contribution in [0.5, 0.6) is 0 Å². The molecule has 2 aromatic heterocycles. The molecule has 2 aliphatic rings. The van der Waals surface area contributed by atoms with Crippen molar-refractivity contribution in [3.63, 3.8) is 0 Å². The average molecular weight is 319 g/mol. The number of hydrogen-bond donors (Lipinski definition) is 0. The minimum absolute atomic E-state index is 0.0705. The van der Waals surface area contributed by atoms with Crippen molar-refractivity contribution in [1.82, 2.24) is 24.9 Å². The first-order chi connectivity index (χ1) is 10.7. The van der Waals surface area contributed by atoms with Gasteiger partial charge in [0.1, 0.15) is 0 Å². The van der Waals surface area contributed by atoms with Gasteiger partial charge in [-0.3, -0.25) is 4.79 Å². The maximum atomic E-state index is 12.5. The number of hydrogen-bond acceptors (Lipinski definition) is 6. The largest absolute Gasteiger partial charge is 0.370 e. The molecule has 8 heteroatoms. The summed E-state index contributed by atoms with van der Waals surface area (Å²) in [5.41, 5.74) is 1.83. The molecule has 0 spiro atoms. The van der Waals surface area contributed by atoms with E-state index in [1.807, 2.05) is 21.9 Å². The maximum absolute atomic E-state index is 12.5. The molecule has 0 N–H and O–H groups in total. The van der Waals surface area contributed by atoms with Crippen LogP contribution in [0.3, 0.4) is 0 Å². The normalized spacial score (nSPS) is 24.0. The number of fused-ring (bicyclic) bond motifs is 3. The van der Waals surface area contributed by atoms with Crippen LogP contribution in [-0.4, -0.2) is 50.0 Å². The zero-order chi connectivity index (χ0) is 15.1. The second-order valence-electron chi connectivity index (χ2n) is 5.75. The van der Waals surface area contributed by atoms with E-state index in [9.17, 15) is 4.79 Å². The van der Waals surface area contributed by atoms with E-state index in [4.69, 9.17) is 4.74 Å². The molecule has 116 valence electrons. The van der Waals surface area contributed by atoms with Gasteiger partial charge in [0.25, 0.3) is 0 Å². The van der Waals surface area contributed by atoms with Crippen LogP contribution in [0.1, 0.15) is 28.9 Å². The zero-order valence-electron chi connectivity index (χ0n) is 12.3. The Morgan fingerprint density at radius 3 is 3.27 bits per heavy atom. The number of piperidine rings is 1. The van der Waals surface area contributed by atoms with Gasteiger partial charge in [-0.15, -0.1) is 16.4 Å². The minimum atomic E-state index is 0.0705. The zero-order valence-corrected chi connectivity index (χ0v) is 13.1. The predicted molar refractivity (Wildman–Crippen MR) is 79.4 cm³/mol. The minimum Gasteiger partial charge on any atom is -0.370 e. The number of amides is 1. The van der Waals surface area contributed by atoms with E-state index in [-0.39, 0.29) is 18.1 Å². The van der Waals surface area contributed by atoms with Crippen LogP contribution in [0.4, 0.5) is 0 Å². The maximum Gasteiger partial charge on any atom is 0.228 e.